The molecule has 62 valence electrons. The lowest BCUT2D eigenvalue weighted by Crippen LogP contribution is -2.09. The van der Waals surface area contributed by atoms with Gasteiger partial charge in [0.1, 0.15) is 6.10 Å². The standard InChI is InChI=1S/C6H8ClNO2S/c7-6-2-1-5(11-6)4(9)3-10-8/h1-2,4,9H,3,8H2. The fraction of sp³-hybridized carbons (Fsp3) is 0.333. The molecule has 1 aromatic heterocycles. The van der Waals surface area contributed by atoms with E-state index in [0.717, 1.165) is 4.88 Å². The summed E-state index contributed by atoms with van der Waals surface area (Å²) in [6, 6.07) is 3.47. The number of aliphatic hydroxyl groups is 1. The van der Waals surface area contributed by atoms with Crippen LogP contribution in [-0.2, 0) is 4.84 Å². The zero-order valence-corrected chi connectivity index (χ0v) is 7.23. The molecule has 0 saturated carbocycles. The van der Waals surface area contributed by atoms with E-state index in [4.69, 9.17) is 17.5 Å². The van der Waals surface area contributed by atoms with Gasteiger partial charge < -0.3 is 9.94 Å². The second-order valence-electron chi connectivity index (χ2n) is 1.99. The first-order valence-corrected chi connectivity index (χ1v) is 4.18. The first kappa shape index (κ1) is 8.96. The minimum absolute atomic E-state index is 0.0941. The van der Waals surface area contributed by atoms with Gasteiger partial charge in [-0.05, 0) is 12.1 Å². The summed E-state index contributed by atoms with van der Waals surface area (Å²) >= 11 is 6.96. The van der Waals surface area contributed by atoms with E-state index in [1.807, 2.05) is 0 Å². The SMILES string of the molecule is NOCC(O)c1ccc(Cl)s1. The van der Waals surface area contributed by atoms with Gasteiger partial charge in [-0.25, -0.2) is 5.90 Å². The predicted octanol–water partition coefficient (Wildman–Crippen LogP) is 1.33. The number of hydrogen-bond acceptors (Lipinski definition) is 4. The highest BCUT2D eigenvalue weighted by Crippen LogP contribution is 2.26. The van der Waals surface area contributed by atoms with E-state index in [0.29, 0.717) is 4.34 Å². The van der Waals surface area contributed by atoms with Crippen LogP contribution in [-0.4, -0.2) is 11.7 Å². The molecule has 0 aliphatic heterocycles. The van der Waals surface area contributed by atoms with Crippen LogP contribution in [0.15, 0.2) is 12.1 Å². The van der Waals surface area contributed by atoms with E-state index in [1.165, 1.54) is 11.3 Å². The Balaban J connectivity index is 2.60. The highest BCUT2D eigenvalue weighted by Gasteiger charge is 2.09. The van der Waals surface area contributed by atoms with Gasteiger partial charge in [0.2, 0.25) is 0 Å². The van der Waals surface area contributed by atoms with Crippen LogP contribution in [0.4, 0.5) is 0 Å². The molecular weight excluding hydrogens is 186 g/mol. The zero-order valence-electron chi connectivity index (χ0n) is 5.66. The van der Waals surface area contributed by atoms with Crippen molar-refractivity contribution < 1.29 is 9.94 Å². The molecule has 3 N–H and O–H groups in total. The average molecular weight is 194 g/mol. The van der Waals surface area contributed by atoms with Crippen molar-refractivity contribution in [3.8, 4) is 0 Å². The van der Waals surface area contributed by atoms with Crippen molar-refractivity contribution in [3.63, 3.8) is 0 Å². The number of halogens is 1. The van der Waals surface area contributed by atoms with Gasteiger partial charge in [0.15, 0.2) is 0 Å². The molecule has 0 fully saturated rings. The Hall–Kier alpha value is -0.130. The Morgan fingerprint density at radius 1 is 1.73 bits per heavy atom. The van der Waals surface area contributed by atoms with Crippen LogP contribution in [0.5, 0.6) is 0 Å². The lowest BCUT2D eigenvalue weighted by atomic mass is 10.3. The van der Waals surface area contributed by atoms with E-state index in [-0.39, 0.29) is 6.61 Å². The monoisotopic (exact) mass is 193 g/mol. The van der Waals surface area contributed by atoms with Crippen molar-refractivity contribution in [2.45, 2.75) is 6.10 Å². The normalized spacial score (nSPS) is 13.4. The maximum Gasteiger partial charge on any atom is 0.113 e. The molecule has 3 nitrogen and oxygen atoms in total. The Bertz CT molecular complexity index is 228. The molecule has 0 aliphatic rings. The van der Waals surface area contributed by atoms with Gasteiger partial charge in [-0.1, -0.05) is 11.6 Å². The second kappa shape index (κ2) is 4.04. The van der Waals surface area contributed by atoms with E-state index in [9.17, 15) is 5.11 Å². The third-order valence-corrected chi connectivity index (χ3v) is 2.51. The summed E-state index contributed by atoms with van der Waals surface area (Å²) in [6.45, 7) is 0.0941. The molecule has 0 aliphatic carbocycles. The number of rotatable bonds is 3. The first-order chi connectivity index (χ1) is 5.24. The molecule has 0 saturated heterocycles. The van der Waals surface area contributed by atoms with Gasteiger partial charge in [0, 0.05) is 4.88 Å². The van der Waals surface area contributed by atoms with Crippen molar-refractivity contribution in [1.29, 1.82) is 0 Å². The Morgan fingerprint density at radius 2 is 2.45 bits per heavy atom. The Labute approximate surface area is 73.3 Å². The minimum Gasteiger partial charge on any atom is -0.385 e. The molecule has 1 aromatic rings. The molecule has 1 atom stereocenters. The number of hydrogen-bond donors (Lipinski definition) is 2. The summed E-state index contributed by atoms with van der Waals surface area (Å²) in [7, 11) is 0. The van der Waals surface area contributed by atoms with Gasteiger partial charge in [-0.3, -0.25) is 0 Å². The van der Waals surface area contributed by atoms with Crippen LogP contribution in [0.25, 0.3) is 0 Å². The van der Waals surface area contributed by atoms with Gasteiger partial charge in [-0.15, -0.1) is 11.3 Å². The largest absolute Gasteiger partial charge is 0.385 e. The van der Waals surface area contributed by atoms with Crippen molar-refractivity contribution in [1.82, 2.24) is 0 Å². The third kappa shape index (κ3) is 2.43. The van der Waals surface area contributed by atoms with Gasteiger partial charge in [0.25, 0.3) is 0 Å². The second-order valence-corrected chi connectivity index (χ2v) is 3.74. The van der Waals surface area contributed by atoms with Crippen LogP contribution in [0.2, 0.25) is 4.34 Å². The smallest absolute Gasteiger partial charge is 0.113 e. The molecule has 1 heterocycles. The summed E-state index contributed by atoms with van der Waals surface area (Å²) in [6.07, 6.45) is -0.669. The maximum absolute atomic E-state index is 9.28. The molecule has 0 radical (unpaired) electrons. The summed E-state index contributed by atoms with van der Waals surface area (Å²) in [5.74, 6) is 4.79. The summed E-state index contributed by atoms with van der Waals surface area (Å²) in [4.78, 5) is 5.05. The molecule has 11 heavy (non-hydrogen) atoms. The minimum atomic E-state index is -0.669. The highest BCUT2D eigenvalue weighted by molar-refractivity contribution is 7.16. The van der Waals surface area contributed by atoms with E-state index < -0.39 is 6.10 Å². The molecule has 1 unspecified atom stereocenters. The van der Waals surface area contributed by atoms with Gasteiger partial charge in [-0.2, -0.15) is 0 Å². The summed E-state index contributed by atoms with van der Waals surface area (Å²) in [5.41, 5.74) is 0. The molecule has 5 heteroatoms. The highest BCUT2D eigenvalue weighted by atomic mass is 35.5. The van der Waals surface area contributed by atoms with E-state index in [1.54, 1.807) is 12.1 Å². The van der Waals surface area contributed by atoms with Crippen LogP contribution in [0.3, 0.4) is 0 Å². The molecule has 0 aromatic carbocycles. The predicted molar refractivity (Wildman–Crippen MR) is 44.4 cm³/mol. The topological polar surface area (TPSA) is 55.5 Å². The fourth-order valence-corrected chi connectivity index (χ4v) is 1.71. The van der Waals surface area contributed by atoms with Crippen molar-refractivity contribution in [2.75, 3.05) is 6.61 Å². The summed E-state index contributed by atoms with van der Waals surface area (Å²) in [5, 5.41) is 9.28. The van der Waals surface area contributed by atoms with Gasteiger partial charge in [0.05, 0.1) is 10.9 Å². The first-order valence-electron chi connectivity index (χ1n) is 2.99. The molecule has 0 bridgehead atoms. The molecule has 0 spiro atoms. The third-order valence-electron chi connectivity index (χ3n) is 1.18. The van der Waals surface area contributed by atoms with Crippen LogP contribution >= 0.6 is 22.9 Å². The maximum atomic E-state index is 9.28. The van der Waals surface area contributed by atoms with Crippen molar-refractivity contribution >= 4 is 22.9 Å². The summed E-state index contributed by atoms with van der Waals surface area (Å²) < 4.78 is 0.649. The van der Waals surface area contributed by atoms with E-state index in [2.05, 4.69) is 4.84 Å². The quantitative estimate of drug-likeness (QED) is 0.713. The molecule has 0 amide bonds. The lowest BCUT2D eigenvalue weighted by Gasteiger charge is -2.04. The van der Waals surface area contributed by atoms with Crippen molar-refractivity contribution in [3.05, 3.63) is 21.3 Å². The molecular formula is C6H8ClNO2S. The van der Waals surface area contributed by atoms with Crippen LogP contribution in [0, 0.1) is 0 Å². The number of aliphatic hydroxyl groups excluding tert-OH is 1. The van der Waals surface area contributed by atoms with Crippen molar-refractivity contribution in [2.24, 2.45) is 5.90 Å². The number of nitrogens with two attached hydrogens (primary N) is 1. The fourth-order valence-electron chi connectivity index (χ4n) is 0.681. The Morgan fingerprint density at radius 3 is 2.91 bits per heavy atom. The lowest BCUT2D eigenvalue weighted by molar-refractivity contribution is 0.0377. The average Bonchev–Trinajstić information content (AvgIpc) is 2.36. The Kier molecular flexibility index (Phi) is 3.29. The van der Waals surface area contributed by atoms with E-state index >= 15 is 0 Å². The van der Waals surface area contributed by atoms with Crippen LogP contribution < -0.4 is 5.90 Å². The number of thiophene rings is 1. The van der Waals surface area contributed by atoms with Crippen LogP contribution in [0.1, 0.15) is 11.0 Å². The zero-order chi connectivity index (χ0) is 8.27. The molecule has 1 rings (SSSR count). The van der Waals surface area contributed by atoms with Gasteiger partial charge >= 0.3 is 0 Å².